The molecule has 1 atom stereocenters. The molecule has 0 aromatic heterocycles. The molecular weight excluding hydrogens is 246 g/mol. The standard InChI is InChI=1S/C13H21N3O3/c1-13(2,3)19-12(18)16-8-4-5-10(16)6-7-11(17)9-15-14/h9-10H,4-8H2,1-3H3/t10-/m0/s1. The molecule has 0 spiro atoms. The lowest BCUT2D eigenvalue weighted by molar-refractivity contribution is -0.116. The molecule has 1 saturated heterocycles. The fourth-order valence-corrected chi connectivity index (χ4v) is 2.13. The molecule has 0 aliphatic carbocycles. The van der Waals surface area contributed by atoms with E-state index in [1.807, 2.05) is 20.8 Å². The number of likely N-dealkylation sites (tertiary alicyclic amines) is 1. The van der Waals surface area contributed by atoms with Crippen LogP contribution in [0.1, 0.15) is 46.5 Å². The number of carbonyl (C=O) groups excluding carboxylic acids is 2. The van der Waals surface area contributed by atoms with Crippen molar-refractivity contribution in [2.24, 2.45) is 0 Å². The fraction of sp³-hybridized carbons (Fsp3) is 0.769. The largest absolute Gasteiger partial charge is 0.444 e. The number of amides is 1. The van der Waals surface area contributed by atoms with Gasteiger partial charge in [0, 0.05) is 19.0 Å². The zero-order valence-electron chi connectivity index (χ0n) is 11.8. The normalized spacial score (nSPS) is 18.9. The minimum Gasteiger partial charge on any atom is -0.444 e. The molecule has 1 amide bonds. The summed E-state index contributed by atoms with van der Waals surface area (Å²) in [5.41, 5.74) is 7.75. The monoisotopic (exact) mass is 267 g/mol. The fourth-order valence-electron chi connectivity index (χ4n) is 2.13. The maximum Gasteiger partial charge on any atom is 0.410 e. The van der Waals surface area contributed by atoms with Gasteiger partial charge in [-0.25, -0.2) is 4.79 Å². The van der Waals surface area contributed by atoms with E-state index in [4.69, 9.17) is 10.3 Å². The average Bonchev–Trinajstić information content (AvgIpc) is 2.72. The van der Waals surface area contributed by atoms with Crippen LogP contribution >= 0.6 is 0 Å². The molecule has 1 rings (SSSR count). The number of rotatable bonds is 4. The topological polar surface area (TPSA) is 83.0 Å². The molecule has 0 aromatic rings. The predicted octanol–water partition coefficient (Wildman–Crippen LogP) is 2.04. The molecule has 0 radical (unpaired) electrons. The van der Waals surface area contributed by atoms with Gasteiger partial charge in [-0.15, -0.1) is 0 Å². The van der Waals surface area contributed by atoms with Gasteiger partial charge in [0.1, 0.15) is 5.60 Å². The number of Topliss-reactive ketones (excluding diaryl/α,β-unsaturated/α-hetero) is 1. The van der Waals surface area contributed by atoms with Crippen molar-refractivity contribution < 1.29 is 19.1 Å². The summed E-state index contributed by atoms with van der Waals surface area (Å²) in [6.45, 7) is 6.16. The van der Waals surface area contributed by atoms with E-state index in [1.165, 1.54) is 0 Å². The Kier molecular flexibility index (Phi) is 5.24. The zero-order chi connectivity index (χ0) is 14.5. The molecule has 0 bridgehead atoms. The zero-order valence-corrected chi connectivity index (χ0v) is 11.8. The molecule has 1 heterocycles. The molecule has 1 aliphatic heterocycles. The number of carbonyl (C=O) groups is 2. The second kappa shape index (κ2) is 6.48. The van der Waals surface area contributed by atoms with E-state index in [-0.39, 0.29) is 24.3 Å². The first-order chi connectivity index (χ1) is 8.83. The number of nitrogens with zero attached hydrogens (tertiary/aromatic N) is 3. The Morgan fingerprint density at radius 1 is 1.47 bits per heavy atom. The van der Waals surface area contributed by atoms with Crippen molar-refractivity contribution in [2.45, 2.75) is 58.1 Å². The van der Waals surface area contributed by atoms with E-state index >= 15 is 0 Å². The predicted molar refractivity (Wildman–Crippen MR) is 69.9 cm³/mol. The highest BCUT2D eigenvalue weighted by Crippen LogP contribution is 2.23. The van der Waals surface area contributed by atoms with Gasteiger partial charge < -0.3 is 15.2 Å². The van der Waals surface area contributed by atoms with E-state index < -0.39 is 5.60 Å². The molecular formula is C13H21N3O3. The first-order valence-corrected chi connectivity index (χ1v) is 6.53. The van der Waals surface area contributed by atoms with Crippen molar-refractivity contribution in [1.82, 2.24) is 4.90 Å². The Hall–Kier alpha value is -1.68. The Morgan fingerprint density at radius 3 is 2.74 bits per heavy atom. The van der Waals surface area contributed by atoms with E-state index in [1.54, 1.807) is 4.90 Å². The van der Waals surface area contributed by atoms with Crippen molar-refractivity contribution in [3.05, 3.63) is 5.53 Å². The second-order valence-corrected chi connectivity index (χ2v) is 5.72. The maximum absolute atomic E-state index is 12.0. The summed E-state index contributed by atoms with van der Waals surface area (Å²) in [4.78, 5) is 27.6. The Balaban J connectivity index is 2.52. The quantitative estimate of drug-likeness (QED) is 0.444. The number of hydrogen-bond donors (Lipinski definition) is 0. The van der Waals surface area contributed by atoms with Crippen LogP contribution in [0.4, 0.5) is 4.79 Å². The molecule has 0 N–H and O–H groups in total. The SMILES string of the molecule is CC(C)(C)OC(=O)N1CCC[C@H]1CCC(=O)C=[N+]=[N-]. The molecule has 0 unspecified atom stereocenters. The molecule has 0 aromatic carbocycles. The van der Waals surface area contributed by atoms with Gasteiger partial charge in [-0.2, -0.15) is 4.79 Å². The summed E-state index contributed by atoms with van der Waals surface area (Å²) in [5, 5.41) is 0. The van der Waals surface area contributed by atoms with Gasteiger partial charge in [-0.1, -0.05) is 0 Å². The van der Waals surface area contributed by atoms with E-state index in [0.717, 1.165) is 19.1 Å². The van der Waals surface area contributed by atoms with Gasteiger partial charge in [-0.3, -0.25) is 4.79 Å². The average molecular weight is 267 g/mol. The van der Waals surface area contributed by atoms with Crippen molar-refractivity contribution >= 4 is 18.1 Å². The van der Waals surface area contributed by atoms with Gasteiger partial charge >= 0.3 is 12.3 Å². The van der Waals surface area contributed by atoms with Crippen LogP contribution in [0.15, 0.2) is 0 Å². The van der Waals surface area contributed by atoms with Crippen LogP contribution in [-0.2, 0) is 9.53 Å². The minimum atomic E-state index is -0.510. The highest BCUT2D eigenvalue weighted by molar-refractivity contribution is 6.25. The lowest BCUT2D eigenvalue weighted by Crippen LogP contribution is -2.40. The van der Waals surface area contributed by atoms with Crippen LogP contribution in [-0.4, -0.2) is 46.0 Å². The Morgan fingerprint density at radius 2 is 2.16 bits per heavy atom. The highest BCUT2D eigenvalue weighted by atomic mass is 16.6. The molecule has 1 aliphatic rings. The summed E-state index contributed by atoms with van der Waals surface area (Å²) in [7, 11) is 0. The van der Waals surface area contributed by atoms with Gasteiger partial charge in [0.15, 0.2) is 0 Å². The third kappa shape index (κ3) is 5.22. The second-order valence-electron chi connectivity index (χ2n) is 5.72. The van der Waals surface area contributed by atoms with E-state index in [0.29, 0.717) is 13.0 Å². The van der Waals surface area contributed by atoms with Crippen LogP contribution in [0.25, 0.3) is 5.53 Å². The lowest BCUT2D eigenvalue weighted by Gasteiger charge is -2.28. The van der Waals surface area contributed by atoms with Crippen molar-refractivity contribution in [3.63, 3.8) is 0 Å². The summed E-state index contributed by atoms with van der Waals surface area (Å²) in [6, 6.07) is 0.0332. The molecule has 19 heavy (non-hydrogen) atoms. The lowest BCUT2D eigenvalue weighted by atomic mass is 10.1. The van der Waals surface area contributed by atoms with Gasteiger partial charge in [0.05, 0.1) is 0 Å². The molecule has 1 fully saturated rings. The van der Waals surface area contributed by atoms with Crippen molar-refractivity contribution in [2.75, 3.05) is 6.54 Å². The maximum atomic E-state index is 12.0. The first kappa shape index (κ1) is 15.4. The number of ketones is 1. The van der Waals surface area contributed by atoms with E-state index in [2.05, 4.69) is 4.79 Å². The van der Waals surface area contributed by atoms with E-state index in [9.17, 15) is 9.59 Å². The van der Waals surface area contributed by atoms with Gasteiger partial charge in [0.2, 0.25) is 5.78 Å². The highest BCUT2D eigenvalue weighted by Gasteiger charge is 2.32. The van der Waals surface area contributed by atoms with Gasteiger partial charge in [0.25, 0.3) is 0 Å². The van der Waals surface area contributed by atoms with Gasteiger partial charge in [-0.05, 0) is 40.0 Å². The summed E-state index contributed by atoms with van der Waals surface area (Å²) in [6.07, 6.45) is 3.22. The molecule has 106 valence electrons. The minimum absolute atomic E-state index is 0.0332. The van der Waals surface area contributed by atoms with Crippen LogP contribution in [0.5, 0.6) is 0 Å². The van der Waals surface area contributed by atoms with Crippen LogP contribution in [0, 0.1) is 0 Å². The summed E-state index contributed by atoms with van der Waals surface area (Å²) < 4.78 is 5.34. The number of ether oxygens (including phenoxy) is 1. The molecule has 0 saturated carbocycles. The van der Waals surface area contributed by atoms with Crippen molar-refractivity contribution in [1.29, 1.82) is 0 Å². The first-order valence-electron chi connectivity index (χ1n) is 6.53. The summed E-state index contributed by atoms with van der Waals surface area (Å²) in [5.74, 6) is -0.237. The Bertz CT molecular complexity index is 394. The third-order valence-corrected chi connectivity index (χ3v) is 2.93. The molecule has 6 nitrogen and oxygen atoms in total. The smallest absolute Gasteiger partial charge is 0.410 e. The van der Waals surface area contributed by atoms with Crippen LogP contribution < -0.4 is 0 Å². The Labute approximate surface area is 113 Å². The van der Waals surface area contributed by atoms with Crippen molar-refractivity contribution in [3.8, 4) is 0 Å². The number of hydrogen-bond acceptors (Lipinski definition) is 3. The summed E-state index contributed by atoms with van der Waals surface area (Å²) >= 11 is 0. The third-order valence-electron chi connectivity index (χ3n) is 2.93. The van der Waals surface area contributed by atoms with Crippen LogP contribution in [0.3, 0.4) is 0 Å². The van der Waals surface area contributed by atoms with Crippen LogP contribution in [0.2, 0.25) is 0 Å². The molecule has 6 heteroatoms.